The molecule has 5 nitrogen and oxygen atoms in total. The van der Waals surface area contributed by atoms with Gasteiger partial charge in [0.2, 0.25) is 0 Å². The van der Waals surface area contributed by atoms with E-state index in [1.165, 1.54) is 66.9 Å². The summed E-state index contributed by atoms with van der Waals surface area (Å²) < 4.78 is 2.48. The summed E-state index contributed by atoms with van der Waals surface area (Å²) in [5, 5.41) is 0. The lowest BCUT2D eigenvalue weighted by atomic mass is 9.93. The number of nitrogens with two attached hydrogens (primary N) is 1. The summed E-state index contributed by atoms with van der Waals surface area (Å²) >= 11 is 7.21. The van der Waals surface area contributed by atoms with Gasteiger partial charge in [-0.25, -0.2) is 0 Å². The first-order chi connectivity index (χ1) is 25.4. The number of nitrogens with zero attached hydrogens (tertiary/aromatic N) is 1. The summed E-state index contributed by atoms with van der Waals surface area (Å²) in [6.07, 6.45) is 24.8. The van der Waals surface area contributed by atoms with Gasteiger partial charge in [-0.3, -0.25) is 9.59 Å². The molecule has 3 rings (SSSR count). The first-order valence-electron chi connectivity index (χ1n) is 20.4. The van der Waals surface area contributed by atoms with E-state index in [9.17, 15) is 9.59 Å². The molecule has 0 radical (unpaired) electrons. The Morgan fingerprint density at radius 2 is 1.57 bits per heavy atom. The Bertz CT molecular complexity index is 1230. The minimum absolute atomic E-state index is 0.141. The molecule has 2 aliphatic rings. The minimum Gasteiger partial charge on any atom is -0.383 e. The summed E-state index contributed by atoms with van der Waals surface area (Å²) in [6.45, 7) is 22.7. The molecular weight excluding hydrogens is 788 g/mol. The van der Waals surface area contributed by atoms with Crippen LogP contribution in [0.5, 0.6) is 0 Å². The van der Waals surface area contributed by atoms with Crippen molar-refractivity contribution in [1.82, 2.24) is 4.90 Å². The van der Waals surface area contributed by atoms with Crippen molar-refractivity contribution in [1.29, 1.82) is 0 Å². The van der Waals surface area contributed by atoms with Gasteiger partial charge < -0.3 is 15.4 Å². The van der Waals surface area contributed by atoms with E-state index in [1.54, 1.807) is 16.7 Å². The molecule has 1 aromatic carbocycles. The van der Waals surface area contributed by atoms with E-state index in [4.69, 9.17) is 10.5 Å². The number of carbonyl (C=O) groups is 3. The van der Waals surface area contributed by atoms with Crippen LogP contribution in [-0.2, 0) is 27.2 Å². The van der Waals surface area contributed by atoms with Crippen LogP contribution >= 0.6 is 31.9 Å². The number of halogens is 2. The topological polar surface area (TPSA) is 80.5 Å². The van der Waals surface area contributed by atoms with Crippen molar-refractivity contribution in [3.8, 4) is 0 Å². The second kappa shape index (κ2) is 36.9. The molecule has 0 aliphatic heterocycles. The predicted octanol–water partition coefficient (Wildman–Crippen LogP) is 13.6. The van der Waals surface area contributed by atoms with Crippen LogP contribution in [0.4, 0.5) is 0 Å². The second-order valence-corrected chi connectivity index (χ2v) is 15.1. The molecule has 53 heavy (non-hydrogen) atoms. The van der Waals surface area contributed by atoms with E-state index in [-0.39, 0.29) is 11.6 Å². The number of benzene rings is 1. The molecule has 0 bridgehead atoms. The van der Waals surface area contributed by atoms with Gasteiger partial charge in [0.05, 0.1) is 0 Å². The van der Waals surface area contributed by atoms with Crippen LogP contribution in [0, 0.1) is 5.92 Å². The highest BCUT2D eigenvalue weighted by Gasteiger charge is 2.27. The number of aldehydes is 1. The lowest BCUT2D eigenvalue weighted by molar-refractivity contribution is -0.116. The van der Waals surface area contributed by atoms with Gasteiger partial charge in [-0.05, 0) is 128 Å². The Morgan fingerprint density at radius 3 is 1.94 bits per heavy atom. The highest BCUT2D eigenvalue weighted by atomic mass is 79.9. The maximum Gasteiger partial charge on any atom is 0.164 e. The molecule has 2 aliphatic carbocycles. The van der Waals surface area contributed by atoms with Crippen molar-refractivity contribution in [2.45, 2.75) is 165 Å². The molecule has 0 spiro atoms. The Balaban J connectivity index is -0.000000640. The van der Waals surface area contributed by atoms with Gasteiger partial charge in [-0.1, -0.05) is 132 Å². The van der Waals surface area contributed by atoms with Crippen molar-refractivity contribution in [2.24, 2.45) is 11.7 Å². The number of carbonyl (C=O) groups excluding carboxylic acids is 3. The molecule has 0 saturated heterocycles. The Kier molecular flexibility index (Phi) is 38.4. The first kappa shape index (κ1) is 55.2. The largest absolute Gasteiger partial charge is 0.383 e. The Hall–Kier alpha value is -2.09. The zero-order valence-corrected chi connectivity index (χ0v) is 38.9. The monoisotopic (exact) mass is 864 g/mol. The first-order valence-corrected chi connectivity index (χ1v) is 22.0. The summed E-state index contributed by atoms with van der Waals surface area (Å²) in [4.78, 5) is 33.3. The predicted molar refractivity (Wildman–Crippen MR) is 241 cm³/mol. The quantitative estimate of drug-likeness (QED) is 0.125. The number of rotatable bonds is 17. The van der Waals surface area contributed by atoms with E-state index in [2.05, 4.69) is 97.3 Å². The summed E-state index contributed by atoms with van der Waals surface area (Å²) in [5.41, 5.74) is 12.1. The summed E-state index contributed by atoms with van der Waals surface area (Å²) in [7, 11) is 3.91. The van der Waals surface area contributed by atoms with E-state index >= 15 is 0 Å². The molecule has 0 aromatic heterocycles. The molecule has 0 unspecified atom stereocenters. The fraction of sp³-hybridized carbons (Fsp3) is 0.630. The lowest BCUT2D eigenvalue weighted by Gasteiger charge is -2.15. The molecule has 0 amide bonds. The molecule has 0 heterocycles. The average Bonchev–Trinajstić information content (AvgIpc) is 4.00. The SMILES string of the molecule is C=CC(=O)CCC.CC.CC=O.CCC(CC)CCN.CCCCC(=O)/C(=C/N(C)C)C1=CCCC(Br)=C1.CCCc1c(C2CC2)ccc(Br)c1CC. The van der Waals surface area contributed by atoms with Crippen LogP contribution in [0.1, 0.15) is 168 Å². The standard InChI is InChI=1S/C15H22BrNO.C14H19Br.C7H17N.C6H10O.C2H4O.C2H6/c1-4-5-9-15(18)14(11-17(2)3)12-7-6-8-13(16)10-12;1-3-5-13-11(4-2)14(15)9-8-12(13)10-6-7-10;1-3-7(4-2)5-6-8;1-3-5-6(7)4-2;1-2-3;1-2/h7,10-11H,4-6,8-9H2,1-3H3;8-10H,3-7H2,1-2H3;7H,3-6,8H2,1-2H3;4H,2-3,5H2,1H3;2H,1H3;1-2H3/b14-11+;;;;;. The molecule has 2 N–H and O–H groups in total. The summed E-state index contributed by atoms with van der Waals surface area (Å²) in [5.74, 6) is 2.14. The van der Waals surface area contributed by atoms with Gasteiger partial charge >= 0.3 is 0 Å². The van der Waals surface area contributed by atoms with E-state index in [0.29, 0.717) is 12.8 Å². The van der Waals surface area contributed by atoms with Crippen LogP contribution < -0.4 is 5.73 Å². The fourth-order valence-corrected chi connectivity index (χ4v) is 6.69. The Labute approximate surface area is 344 Å². The number of hydrogen-bond donors (Lipinski definition) is 1. The number of allylic oxidation sites excluding steroid dienone is 6. The van der Waals surface area contributed by atoms with Crippen LogP contribution in [0.2, 0.25) is 0 Å². The fourth-order valence-electron chi connectivity index (χ4n) is 5.56. The molecular formula is C46H78Br2N2O3. The van der Waals surface area contributed by atoms with Crippen LogP contribution in [0.3, 0.4) is 0 Å². The van der Waals surface area contributed by atoms with Gasteiger partial charge in [0.25, 0.3) is 0 Å². The third-order valence-electron chi connectivity index (χ3n) is 8.55. The van der Waals surface area contributed by atoms with Crippen LogP contribution in [0.25, 0.3) is 0 Å². The highest BCUT2D eigenvalue weighted by Crippen LogP contribution is 2.44. The third kappa shape index (κ3) is 27.2. The number of Topliss-reactive ketones (excluding diaryl/α,β-unsaturated/α-hetero) is 1. The van der Waals surface area contributed by atoms with Gasteiger partial charge in [0.1, 0.15) is 6.29 Å². The smallest absolute Gasteiger partial charge is 0.164 e. The van der Waals surface area contributed by atoms with Crippen molar-refractivity contribution >= 4 is 49.7 Å². The van der Waals surface area contributed by atoms with Crippen molar-refractivity contribution in [2.75, 3.05) is 20.6 Å². The van der Waals surface area contributed by atoms with Gasteiger partial charge in [0.15, 0.2) is 11.6 Å². The molecule has 7 heteroatoms. The summed E-state index contributed by atoms with van der Waals surface area (Å²) in [6, 6.07) is 4.58. The van der Waals surface area contributed by atoms with Crippen LogP contribution in [0.15, 0.2) is 63.2 Å². The molecule has 1 aromatic rings. The number of ketones is 2. The third-order valence-corrected chi connectivity index (χ3v) is 9.92. The average molecular weight is 867 g/mol. The van der Waals surface area contributed by atoms with Gasteiger partial charge in [0, 0.05) is 43.2 Å². The highest BCUT2D eigenvalue weighted by molar-refractivity contribution is 9.11. The van der Waals surface area contributed by atoms with E-state index in [1.807, 2.05) is 46.0 Å². The Morgan fingerprint density at radius 1 is 0.962 bits per heavy atom. The zero-order valence-electron chi connectivity index (χ0n) is 35.7. The molecule has 304 valence electrons. The molecule has 1 saturated carbocycles. The van der Waals surface area contributed by atoms with Crippen LogP contribution in [-0.4, -0.2) is 43.4 Å². The van der Waals surface area contributed by atoms with Crippen molar-refractivity contribution in [3.63, 3.8) is 0 Å². The maximum atomic E-state index is 12.3. The van der Waals surface area contributed by atoms with E-state index in [0.717, 1.165) is 74.3 Å². The zero-order chi connectivity index (χ0) is 41.2. The van der Waals surface area contributed by atoms with E-state index < -0.39 is 0 Å². The lowest BCUT2D eigenvalue weighted by Crippen LogP contribution is -2.11. The second-order valence-electron chi connectivity index (χ2n) is 13.2. The van der Waals surface area contributed by atoms with Crippen molar-refractivity contribution in [3.05, 3.63) is 79.9 Å². The molecule has 0 atom stereocenters. The number of hydrogen-bond acceptors (Lipinski definition) is 5. The van der Waals surface area contributed by atoms with Gasteiger partial charge in [-0.15, -0.1) is 0 Å². The normalized spacial score (nSPS) is 12.9. The maximum absolute atomic E-state index is 12.3. The molecule has 1 fully saturated rings. The minimum atomic E-state index is 0.141. The number of unbranched alkanes of at least 4 members (excludes halogenated alkanes) is 1. The van der Waals surface area contributed by atoms with Crippen molar-refractivity contribution < 1.29 is 14.4 Å². The van der Waals surface area contributed by atoms with Gasteiger partial charge in [-0.2, -0.15) is 0 Å².